The van der Waals surface area contributed by atoms with Gasteiger partial charge in [0.25, 0.3) is 0 Å². The first-order valence-corrected chi connectivity index (χ1v) is 6.41. The Balaban J connectivity index is 1.93. The van der Waals surface area contributed by atoms with Crippen molar-refractivity contribution in [3.8, 4) is 0 Å². The minimum absolute atomic E-state index is 0.0303. The molecule has 3 rings (SSSR count). The van der Waals surface area contributed by atoms with Gasteiger partial charge in [-0.1, -0.05) is 12.1 Å². The van der Waals surface area contributed by atoms with Gasteiger partial charge in [0.15, 0.2) is 0 Å². The second-order valence-corrected chi connectivity index (χ2v) is 5.29. The minimum atomic E-state index is -0.769. The number of carbonyl (C=O) groups is 2. The van der Waals surface area contributed by atoms with Crippen LogP contribution in [-0.2, 0) is 10.2 Å². The summed E-state index contributed by atoms with van der Waals surface area (Å²) in [5.41, 5.74) is 0.879. The Morgan fingerprint density at radius 2 is 2.05 bits per heavy atom. The molecule has 1 saturated heterocycles. The third-order valence-electron chi connectivity index (χ3n) is 4.09. The number of carbonyl (C=O) groups excluding carboxylic acids is 1. The third kappa shape index (κ3) is 1.77. The fourth-order valence-electron chi connectivity index (χ4n) is 2.61. The predicted octanol–water partition coefficient (Wildman–Crippen LogP) is 1.67. The van der Waals surface area contributed by atoms with Crippen LogP contribution in [0.25, 0.3) is 0 Å². The number of carboxylic acids is 1. The second kappa shape index (κ2) is 3.98. The lowest BCUT2D eigenvalue weighted by Crippen LogP contribution is -2.29. The number of amides is 2. The molecule has 1 aliphatic carbocycles. The van der Waals surface area contributed by atoms with Crippen molar-refractivity contribution in [1.29, 1.82) is 0 Å². The van der Waals surface area contributed by atoms with Crippen LogP contribution in [0.5, 0.6) is 0 Å². The van der Waals surface area contributed by atoms with Gasteiger partial charge in [-0.05, 0) is 30.5 Å². The Morgan fingerprint density at radius 1 is 1.32 bits per heavy atom. The average molecular weight is 260 g/mol. The fraction of sp³-hybridized carbons (Fsp3) is 0.429. The van der Waals surface area contributed by atoms with E-state index in [0.717, 1.165) is 11.3 Å². The summed E-state index contributed by atoms with van der Waals surface area (Å²) >= 11 is 0. The molecule has 0 aromatic heterocycles. The van der Waals surface area contributed by atoms with Crippen LogP contribution in [-0.4, -0.2) is 42.1 Å². The van der Waals surface area contributed by atoms with Crippen LogP contribution in [0.3, 0.4) is 0 Å². The highest BCUT2D eigenvalue weighted by atomic mass is 16.4. The molecule has 1 saturated carbocycles. The molecule has 1 heterocycles. The molecule has 0 atom stereocenters. The highest BCUT2D eigenvalue weighted by Gasteiger charge is 2.51. The van der Waals surface area contributed by atoms with Gasteiger partial charge in [0.2, 0.25) is 0 Å². The number of carboxylic acid groups (broad SMARTS) is 1. The van der Waals surface area contributed by atoms with Crippen LogP contribution >= 0.6 is 0 Å². The number of anilines is 1. The monoisotopic (exact) mass is 260 g/mol. The van der Waals surface area contributed by atoms with Crippen molar-refractivity contribution in [1.82, 2.24) is 4.90 Å². The maximum atomic E-state index is 12.0. The maximum absolute atomic E-state index is 12.0. The highest BCUT2D eigenvalue weighted by Crippen LogP contribution is 2.49. The van der Waals surface area contributed by atoms with E-state index < -0.39 is 11.4 Å². The van der Waals surface area contributed by atoms with E-state index in [2.05, 4.69) is 0 Å². The van der Waals surface area contributed by atoms with Gasteiger partial charge in [0, 0.05) is 25.8 Å². The second-order valence-electron chi connectivity index (χ2n) is 5.29. The van der Waals surface area contributed by atoms with E-state index >= 15 is 0 Å². The molecule has 100 valence electrons. The van der Waals surface area contributed by atoms with E-state index in [4.69, 9.17) is 0 Å². The zero-order chi connectivity index (χ0) is 13.6. The van der Waals surface area contributed by atoms with E-state index in [0.29, 0.717) is 25.9 Å². The van der Waals surface area contributed by atoms with E-state index in [1.807, 2.05) is 24.3 Å². The quantitative estimate of drug-likeness (QED) is 0.899. The summed E-state index contributed by atoms with van der Waals surface area (Å²) in [5.74, 6) is -0.769. The number of hydrogen-bond acceptors (Lipinski definition) is 2. The first kappa shape index (κ1) is 12.0. The van der Waals surface area contributed by atoms with Crippen molar-refractivity contribution in [3.05, 3.63) is 29.8 Å². The molecule has 0 radical (unpaired) electrons. The van der Waals surface area contributed by atoms with E-state index in [1.54, 1.807) is 16.8 Å². The molecule has 2 aliphatic rings. The highest BCUT2D eigenvalue weighted by molar-refractivity contribution is 5.94. The Morgan fingerprint density at radius 3 is 2.58 bits per heavy atom. The van der Waals surface area contributed by atoms with Crippen molar-refractivity contribution in [3.63, 3.8) is 0 Å². The van der Waals surface area contributed by atoms with Gasteiger partial charge in [0.1, 0.15) is 0 Å². The fourth-order valence-corrected chi connectivity index (χ4v) is 2.61. The molecule has 0 bridgehead atoms. The lowest BCUT2D eigenvalue weighted by atomic mass is 9.95. The maximum Gasteiger partial charge on any atom is 0.324 e. The van der Waals surface area contributed by atoms with E-state index in [9.17, 15) is 14.7 Å². The number of likely N-dealkylation sites (N-methyl/N-ethyl adjacent to an activating group) is 1. The predicted molar refractivity (Wildman–Crippen MR) is 70.4 cm³/mol. The SMILES string of the molecule is CN1CCN(c2cccc(C3(C(=O)O)CC3)c2)C1=O. The van der Waals surface area contributed by atoms with Crippen molar-refractivity contribution in [2.45, 2.75) is 18.3 Å². The molecule has 2 amide bonds. The van der Waals surface area contributed by atoms with Crippen molar-refractivity contribution in [2.24, 2.45) is 0 Å². The average Bonchev–Trinajstić information content (AvgIpc) is 3.14. The molecule has 5 nitrogen and oxygen atoms in total. The summed E-state index contributed by atoms with van der Waals surface area (Å²) < 4.78 is 0. The minimum Gasteiger partial charge on any atom is -0.481 e. The number of urea groups is 1. The number of nitrogens with zero attached hydrogens (tertiary/aromatic N) is 2. The number of rotatable bonds is 3. The molecule has 1 aromatic carbocycles. The summed E-state index contributed by atoms with van der Waals surface area (Å²) in [6, 6.07) is 7.35. The summed E-state index contributed by atoms with van der Waals surface area (Å²) in [6.45, 7) is 1.35. The van der Waals surface area contributed by atoms with E-state index in [1.165, 1.54) is 0 Å². The van der Waals surface area contributed by atoms with Gasteiger partial charge < -0.3 is 10.0 Å². The molecule has 1 aromatic rings. The van der Waals surface area contributed by atoms with Crippen LogP contribution in [0.2, 0.25) is 0 Å². The first-order chi connectivity index (χ1) is 9.04. The van der Waals surface area contributed by atoms with Crippen molar-refractivity contribution < 1.29 is 14.7 Å². The topological polar surface area (TPSA) is 60.9 Å². The van der Waals surface area contributed by atoms with E-state index in [-0.39, 0.29) is 6.03 Å². The van der Waals surface area contributed by atoms with Gasteiger partial charge in [0.05, 0.1) is 5.41 Å². The number of hydrogen-bond donors (Lipinski definition) is 1. The molecule has 0 spiro atoms. The van der Waals surface area contributed by atoms with Gasteiger partial charge in [-0.2, -0.15) is 0 Å². The van der Waals surface area contributed by atoms with Crippen LogP contribution in [0.15, 0.2) is 24.3 Å². The van der Waals surface area contributed by atoms with Crippen molar-refractivity contribution >= 4 is 17.7 Å². The number of aliphatic carboxylic acids is 1. The molecule has 0 unspecified atom stereocenters. The number of benzene rings is 1. The third-order valence-corrected chi connectivity index (χ3v) is 4.09. The van der Waals surface area contributed by atoms with Gasteiger partial charge in [-0.15, -0.1) is 0 Å². The Bertz CT molecular complexity index is 551. The molecular weight excluding hydrogens is 244 g/mol. The molecular formula is C14H16N2O3. The molecule has 1 aliphatic heterocycles. The van der Waals surface area contributed by atoms with Crippen LogP contribution in [0.1, 0.15) is 18.4 Å². The lowest BCUT2D eigenvalue weighted by Gasteiger charge is -2.18. The normalized spacial score (nSPS) is 20.8. The van der Waals surface area contributed by atoms with Gasteiger partial charge in [-0.25, -0.2) is 4.79 Å². The molecule has 19 heavy (non-hydrogen) atoms. The zero-order valence-corrected chi connectivity index (χ0v) is 10.8. The smallest absolute Gasteiger partial charge is 0.324 e. The van der Waals surface area contributed by atoms with Crippen LogP contribution < -0.4 is 4.90 Å². The van der Waals surface area contributed by atoms with Crippen LogP contribution in [0, 0.1) is 0 Å². The Labute approximate surface area is 111 Å². The Kier molecular flexibility index (Phi) is 2.52. The first-order valence-electron chi connectivity index (χ1n) is 6.41. The zero-order valence-electron chi connectivity index (χ0n) is 10.8. The summed E-state index contributed by atoms with van der Waals surface area (Å²) in [7, 11) is 1.77. The summed E-state index contributed by atoms with van der Waals surface area (Å²) in [4.78, 5) is 26.7. The van der Waals surface area contributed by atoms with Gasteiger partial charge >= 0.3 is 12.0 Å². The standard InChI is InChI=1S/C14H16N2O3/c1-15-7-8-16(13(15)19)11-4-2-3-10(9-11)14(5-6-14)12(17)18/h2-4,9H,5-8H2,1H3,(H,17,18). The lowest BCUT2D eigenvalue weighted by molar-refractivity contribution is -0.140. The molecule has 5 heteroatoms. The van der Waals surface area contributed by atoms with Crippen molar-refractivity contribution in [2.75, 3.05) is 25.0 Å². The summed E-state index contributed by atoms with van der Waals surface area (Å²) in [5, 5.41) is 9.32. The molecule has 2 fully saturated rings. The molecule has 1 N–H and O–H groups in total. The summed E-state index contributed by atoms with van der Waals surface area (Å²) in [6.07, 6.45) is 1.36. The van der Waals surface area contributed by atoms with Crippen LogP contribution in [0.4, 0.5) is 10.5 Å². The Hall–Kier alpha value is -2.04. The largest absolute Gasteiger partial charge is 0.481 e. The van der Waals surface area contributed by atoms with Gasteiger partial charge in [-0.3, -0.25) is 9.69 Å².